The summed E-state index contributed by atoms with van der Waals surface area (Å²) in [5, 5.41) is 0. The second-order valence-electron chi connectivity index (χ2n) is 13.4. The lowest BCUT2D eigenvalue weighted by Crippen LogP contribution is -2.01. The van der Waals surface area contributed by atoms with E-state index in [1.54, 1.807) is 11.8 Å². The van der Waals surface area contributed by atoms with E-state index in [1.165, 1.54) is 0 Å². The first-order valence-electron chi connectivity index (χ1n) is 18.5. The van der Waals surface area contributed by atoms with Gasteiger partial charge in [0.1, 0.15) is 11.5 Å². The second kappa shape index (κ2) is 14.6. The molecule has 0 bridgehead atoms. The molecule has 6 heteroatoms. The fourth-order valence-electron chi connectivity index (χ4n) is 7.04. The Morgan fingerprint density at radius 1 is 0.321 bits per heavy atom. The summed E-state index contributed by atoms with van der Waals surface area (Å²) < 4.78 is 6.70. The summed E-state index contributed by atoms with van der Waals surface area (Å²) in [4.78, 5) is 23.1. The molecule has 3 heterocycles. The fourth-order valence-corrected chi connectivity index (χ4v) is 8.02. The normalized spacial score (nSPS) is 11.6. The molecule has 7 aromatic carbocycles. The lowest BCUT2D eigenvalue weighted by Gasteiger charge is -2.23. The molecule has 9 aromatic rings. The Morgan fingerprint density at radius 2 is 0.786 bits per heavy atom. The molecular weight excluding hydrogens is 705 g/mol. The number of ether oxygens (including phenoxy) is 1. The molecular formula is C50H32N4OS. The average Bonchev–Trinajstić information content (AvgIpc) is 3.29. The predicted molar refractivity (Wildman–Crippen MR) is 226 cm³/mol. The molecule has 1 aliphatic heterocycles. The Hall–Kier alpha value is -7.15. The van der Waals surface area contributed by atoms with E-state index in [2.05, 4.69) is 103 Å². The van der Waals surface area contributed by atoms with Gasteiger partial charge in [0.2, 0.25) is 0 Å². The molecule has 0 amide bonds. The first kappa shape index (κ1) is 33.4. The number of hydrogen-bond donors (Lipinski definition) is 0. The van der Waals surface area contributed by atoms with E-state index >= 15 is 0 Å². The summed E-state index contributed by atoms with van der Waals surface area (Å²) in [6.07, 6.45) is 0. The van der Waals surface area contributed by atoms with Crippen LogP contribution in [0.4, 0.5) is 0 Å². The molecule has 0 atom stereocenters. The number of aromatic nitrogens is 4. The minimum Gasteiger partial charge on any atom is -0.454 e. The highest BCUT2D eigenvalue weighted by Gasteiger charge is 2.24. The van der Waals surface area contributed by atoms with Gasteiger partial charge in [-0.1, -0.05) is 169 Å². The Kier molecular flexibility index (Phi) is 8.71. The lowest BCUT2D eigenvalue weighted by molar-refractivity contribution is 0.456. The van der Waals surface area contributed by atoms with Crippen molar-refractivity contribution in [1.82, 2.24) is 19.9 Å². The van der Waals surface area contributed by atoms with Crippen molar-refractivity contribution in [1.29, 1.82) is 0 Å². The van der Waals surface area contributed by atoms with Gasteiger partial charge in [0.25, 0.3) is 0 Å². The van der Waals surface area contributed by atoms with Crippen molar-refractivity contribution in [2.45, 2.75) is 9.79 Å². The van der Waals surface area contributed by atoms with Crippen LogP contribution < -0.4 is 4.74 Å². The molecule has 0 spiro atoms. The predicted octanol–water partition coefficient (Wildman–Crippen LogP) is 13.2. The summed E-state index contributed by atoms with van der Waals surface area (Å²) in [6.45, 7) is 0. The van der Waals surface area contributed by atoms with Gasteiger partial charge in [0.15, 0.2) is 11.6 Å². The van der Waals surface area contributed by atoms with Crippen LogP contribution in [0.1, 0.15) is 0 Å². The summed E-state index contributed by atoms with van der Waals surface area (Å²) >= 11 is 1.72. The minimum atomic E-state index is 0.589. The van der Waals surface area contributed by atoms with Crippen LogP contribution in [0.15, 0.2) is 204 Å². The summed E-state index contributed by atoms with van der Waals surface area (Å²) in [5.74, 6) is 2.84. The summed E-state index contributed by atoms with van der Waals surface area (Å²) in [5.41, 5.74) is 11.0. The van der Waals surface area contributed by atoms with Crippen LogP contribution in [0, 0.1) is 0 Å². The average molecular weight is 737 g/mol. The molecule has 1 aliphatic rings. The van der Waals surface area contributed by atoms with Gasteiger partial charge in [-0.2, -0.15) is 0 Å². The molecule has 0 aliphatic carbocycles. The molecule has 0 saturated heterocycles. The van der Waals surface area contributed by atoms with Gasteiger partial charge in [-0.05, 0) is 42.0 Å². The first-order chi connectivity index (χ1) is 27.7. The zero-order valence-electron chi connectivity index (χ0n) is 30.1. The monoisotopic (exact) mass is 736 g/mol. The molecule has 0 unspecified atom stereocenters. The van der Waals surface area contributed by atoms with Crippen molar-refractivity contribution in [3.8, 4) is 90.4 Å². The zero-order chi connectivity index (χ0) is 37.3. The van der Waals surface area contributed by atoms with Gasteiger partial charge in [0, 0.05) is 38.9 Å². The van der Waals surface area contributed by atoms with E-state index in [9.17, 15) is 0 Å². The van der Waals surface area contributed by atoms with Crippen molar-refractivity contribution in [3.63, 3.8) is 0 Å². The number of benzene rings is 7. The molecule has 0 saturated carbocycles. The van der Waals surface area contributed by atoms with E-state index < -0.39 is 0 Å². The van der Waals surface area contributed by atoms with Crippen molar-refractivity contribution >= 4 is 11.8 Å². The van der Waals surface area contributed by atoms with Crippen molar-refractivity contribution in [2.75, 3.05) is 0 Å². The molecule has 56 heavy (non-hydrogen) atoms. The fraction of sp³-hybridized carbons (Fsp3) is 0. The number of fused-ring (bicyclic) bond motifs is 2. The van der Waals surface area contributed by atoms with E-state index in [1.807, 2.05) is 91.0 Å². The maximum absolute atomic E-state index is 6.70. The van der Waals surface area contributed by atoms with E-state index in [-0.39, 0.29) is 0 Å². The van der Waals surface area contributed by atoms with Crippen LogP contribution in [-0.2, 0) is 0 Å². The Balaban J connectivity index is 1.22. The van der Waals surface area contributed by atoms with Crippen molar-refractivity contribution < 1.29 is 4.74 Å². The molecule has 0 N–H and O–H groups in total. The van der Waals surface area contributed by atoms with E-state index in [0.29, 0.717) is 11.6 Å². The van der Waals surface area contributed by atoms with E-state index in [4.69, 9.17) is 24.7 Å². The number of para-hydroxylation sites is 2. The third kappa shape index (κ3) is 6.53. The highest BCUT2D eigenvalue weighted by atomic mass is 32.2. The maximum atomic E-state index is 6.70. The minimum absolute atomic E-state index is 0.589. The van der Waals surface area contributed by atoms with Crippen LogP contribution in [0.3, 0.4) is 0 Å². The van der Waals surface area contributed by atoms with Crippen LogP contribution in [-0.4, -0.2) is 19.9 Å². The van der Waals surface area contributed by atoms with Gasteiger partial charge in [-0.25, -0.2) is 19.9 Å². The summed E-state index contributed by atoms with van der Waals surface area (Å²) in [7, 11) is 0. The third-order valence-electron chi connectivity index (χ3n) is 9.80. The van der Waals surface area contributed by atoms with Gasteiger partial charge >= 0.3 is 0 Å². The molecule has 2 aromatic heterocycles. The standard InChI is InChI=1S/C50H32N4OS/c1-5-16-33(17-6-1)41-31-42(34-18-7-2-8-19-34)52-49(51-41)37-28-29-38(39-24-15-27-47-48(39)55-45-25-13-14-26-46(45)56-47)40(30-37)50-53-43(35-20-9-3-10-21-35)32-44(54-50)36-22-11-4-12-23-36/h1-32H. The molecule has 10 rings (SSSR count). The maximum Gasteiger partial charge on any atom is 0.161 e. The molecule has 0 radical (unpaired) electrons. The summed E-state index contributed by atoms with van der Waals surface area (Å²) in [6, 6.07) is 66.0. The quantitative estimate of drug-likeness (QED) is 0.162. The molecule has 5 nitrogen and oxygen atoms in total. The Labute approximate surface area is 329 Å². The topological polar surface area (TPSA) is 60.8 Å². The SMILES string of the molecule is c1ccc(-c2cc(-c3ccccc3)nc(-c3ccc(-c4cccc5c4Oc4ccccc4S5)c(-c4nc(-c5ccccc5)cc(-c5ccccc5)n4)c3)n2)cc1. The highest BCUT2D eigenvalue weighted by molar-refractivity contribution is 7.99. The third-order valence-corrected chi connectivity index (χ3v) is 10.9. The molecule has 264 valence electrons. The van der Waals surface area contributed by atoms with Crippen LogP contribution >= 0.6 is 11.8 Å². The number of hydrogen-bond acceptors (Lipinski definition) is 6. The van der Waals surface area contributed by atoms with Crippen LogP contribution in [0.2, 0.25) is 0 Å². The Bertz CT molecular complexity index is 2730. The number of nitrogens with zero attached hydrogens (tertiary/aromatic N) is 4. The van der Waals surface area contributed by atoms with Gasteiger partial charge < -0.3 is 4.74 Å². The molecule has 0 fully saturated rings. The zero-order valence-corrected chi connectivity index (χ0v) is 30.9. The smallest absolute Gasteiger partial charge is 0.161 e. The highest BCUT2D eigenvalue weighted by Crippen LogP contribution is 2.52. The van der Waals surface area contributed by atoms with Gasteiger partial charge in [-0.3, -0.25) is 0 Å². The Morgan fingerprint density at radius 3 is 1.32 bits per heavy atom. The van der Waals surface area contributed by atoms with Crippen molar-refractivity contribution in [2.24, 2.45) is 0 Å². The van der Waals surface area contributed by atoms with E-state index in [0.717, 1.165) is 88.6 Å². The first-order valence-corrected chi connectivity index (χ1v) is 19.3. The van der Waals surface area contributed by atoms with Crippen LogP contribution in [0.25, 0.3) is 78.9 Å². The lowest BCUT2D eigenvalue weighted by atomic mass is 9.95. The second-order valence-corrected chi connectivity index (χ2v) is 14.5. The largest absolute Gasteiger partial charge is 0.454 e. The van der Waals surface area contributed by atoms with Gasteiger partial charge in [0.05, 0.1) is 32.6 Å². The van der Waals surface area contributed by atoms with Crippen molar-refractivity contribution in [3.05, 3.63) is 194 Å². The van der Waals surface area contributed by atoms with Crippen LogP contribution in [0.5, 0.6) is 11.5 Å². The van der Waals surface area contributed by atoms with Gasteiger partial charge in [-0.15, -0.1) is 0 Å². The number of rotatable bonds is 7.